The number of hydrogen-bond donors (Lipinski definition) is 1. The maximum Gasteiger partial charge on any atom is 0.233 e. The second kappa shape index (κ2) is 8.86. The minimum atomic E-state index is -0.247. The molecule has 1 amide bonds. The summed E-state index contributed by atoms with van der Waals surface area (Å²) in [5, 5.41) is 12.0. The van der Waals surface area contributed by atoms with E-state index in [-0.39, 0.29) is 11.2 Å². The standard InChI is InChI=1S/C21H24N4OS/c1-15-9-11-18(12-10-15)14-22-20(26)16(2)27-21-24-23-19(25(21)3)13-17-7-5-4-6-8-17/h4-12,16H,13-14H2,1-3H3,(H,22,26)/t16-/m1/s1. The Morgan fingerprint density at radius 1 is 1.07 bits per heavy atom. The first-order valence-electron chi connectivity index (χ1n) is 8.95. The minimum absolute atomic E-state index is 0.00631. The molecule has 5 nitrogen and oxygen atoms in total. The van der Waals surface area contributed by atoms with Crippen molar-refractivity contribution in [3.05, 3.63) is 77.1 Å². The van der Waals surface area contributed by atoms with Gasteiger partial charge in [-0.1, -0.05) is 71.9 Å². The Hall–Kier alpha value is -2.60. The zero-order chi connectivity index (χ0) is 19.2. The third kappa shape index (κ3) is 5.20. The molecular formula is C21H24N4OS. The Kier molecular flexibility index (Phi) is 6.29. The van der Waals surface area contributed by atoms with Gasteiger partial charge in [-0.25, -0.2) is 0 Å². The molecule has 0 aliphatic rings. The molecule has 140 valence electrons. The van der Waals surface area contributed by atoms with Crippen molar-refractivity contribution >= 4 is 17.7 Å². The van der Waals surface area contributed by atoms with Crippen molar-refractivity contribution in [1.29, 1.82) is 0 Å². The lowest BCUT2D eigenvalue weighted by Crippen LogP contribution is -2.30. The quantitative estimate of drug-likeness (QED) is 0.637. The van der Waals surface area contributed by atoms with Crippen molar-refractivity contribution in [3.8, 4) is 0 Å². The molecule has 1 atom stereocenters. The van der Waals surface area contributed by atoms with Crippen LogP contribution < -0.4 is 5.32 Å². The molecular weight excluding hydrogens is 356 g/mol. The average molecular weight is 381 g/mol. The molecule has 0 radical (unpaired) electrons. The molecule has 0 saturated heterocycles. The van der Waals surface area contributed by atoms with E-state index in [1.165, 1.54) is 22.9 Å². The predicted octanol–water partition coefficient (Wildman–Crippen LogP) is 3.51. The van der Waals surface area contributed by atoms with Gasteiger partial charge in [0.1, 0.15) is 5.82 Å². The lowest BCUT2D eigenvalue weighted by atomic mass is 10.1. The number of nitrogens with one attached hydrogen (secondary N) is 1. The molecule has 0 unspecified atom stereocenters. The molecule has 3 rings (SSSR count). The molecule has 27 heavy (non-hydrogen) atoms. The zero-order valence-corrected chi connectivity index (χ0v) is 16.7. The van der Waals surface area contributed by atoms with Gasteiger partial charge in [-0.05, 0) is 25.0 Å². The highest BCUT2D eigenvalue weighted by Crippen LogP contribution is 2.22. The SMILES string of the molecule is Cc1ccc(CNC(=O)[C@@H](C)Sc2nnc(Cc3ccccc3)n2C)cc1. The van der Waals surface area contributed by atoms with Gasteiger partial charge >= 0.3 is 0 Å². The van der Waals surface area contributed by atoms with Crippen LogP contribution in [0.4, 0.5) is 0 Å². The first kappa shape index (κ1) is 19.2. The molecule has 0 aliphatic heterocycles. The van der Waals surface area contributed by atoms with E-state index in [0.717, 1.165) is 23.0 Å². The van der Waals surface area contributed by atoms with Crippen LogP contribution in [0.2, 0.25) is 0 Å². The van der Waals surface area contributed by atoms with Crippen LogP contribution in [-0.4, -0.2) is 25.9 Å². The van der Waals surface area contributed by atoms with Crippen LogP contribution in [0.3, 0.4) is 0 Å². The first-order valence-corrected chi connectivity index (χ1v) is 9.83. The van der Waals surface area contributed by atoms with Gasteiger partial charge in [-0.2, -0.15) is 0 Å². The van der Waals surface area contributed by atoms with Crippen LogP contribution in [0.1, 0.15) is 29.4 Å². The van der Waals surface area contributed by atoms with Gasteiger partial charge in [-0.15, -0.1) is 10.2 Å². The summed E-state index contributed by atoms with van der Waals surface area (Å²) < 4.78 is 1.96. The van der Waals surface area contributed by atoms with Crippen LogP contribution in [-0.2, 0) is 24.8 Å². The fraction of sp³-hybridized carbons (Fsp3) is 0.286. The number of nitrogens with zero attached hydrogens (tertiary/aromatic N) is 3. The maximum atomic E-state index is 12.4. The minimum Gasteiger partial charge on any atom is -0.351 e. The van der Waals surface area contributed by atoms with E-state index >= 15 is 0 Å². The summed E-state index contributed by atoms with van der Waals surface area (Å²) in [5.74, 6) is 0.879. The van der Waals surface area contributed by atoms with Crippen LogP contribution in [0.5, 0.6) is 0 Å². The van der Waals surface area contributed by atoms with E-state index in [4.69, 9.17) is 0 Å². The van der Waals surface area contributed by atoms with Gasteiger partial charge in [-0.3, -0.25) is 4.79 Å². The number of benzene rings is 2. The van der Waals surface area contributed by atoms with Crippen LogP contribution >= 0.6 is 11.8 Å². The topological polar surface area (TPSA) is 59.8 Å². The van der Waals surface area contributed by atoms with Crippen molar-refractivity contribution in [2.75, 3.05) is 0 Å². The lowest BCUT2D eigenvalue weighted by molar-refractivity contribution is -0.120. The van der Waals surface area contributed by atoms with E-state index in [1.807, 2.05) is 67.9 Å². The van der Waals surface area contributed by atoms with Crippen LogP contribution in [0.25, 0.3) is 0 Å². The van der Waals surface area contributed by atoms with E-state index in [0.29, 0.717) is 6.54 Å². The third-order valence-electron chi connectivity index (χ3n) is 4.37. The van der Waals surface area contributed by atoms with Crippen LogP contribution in [0, 0.1) is 6.92 Å². The summed E-state index contributed by atoms with van der Waals surface area (Å²) in [6.45, 7) is 4.47. The number of aromatic nitrogens is 3. The van der Waals surface area contributed by atoms with Gasteiger partial charge in [0.25, 0.3) is 0 Å². The van der Waals surface area contributed by atoms with Crippen LogP contribution in [0.15, 0.2) is 59.8 Å². The molecule has 0 aliphatic carbocycles. The zero-order valence-electron chi connectivity index (χ0n) is 15.8. The smallest absolute Gasteiger partial charge is 0.233 e. The Balaban J connectivity index is 1.56. The molecule has 3 aromatic rings. The highest BCUT2D eigenvalue weighted by Gasteiger charge is 2.18. The average Bonchev–Trinajstić information content (AvgIpc) is 3.01. The van der Waals surface area contributed by atoms with E-state index < -0.39 is 0 Å². The summed E-state index contributed by atoms with van der Waals surface area (Å²) >= 11 is 1.42. The molecule has 0 fully saturated rings. The first-order chi connectivity index (χ1) is 13.0. The Bertz CT molecular complexity index is 890. The maximum absolute atomic E-state index is 12.4. The molecule has 1 N–H and O–H groups in total. The molecule has 0 saturated carbocycles. The normalized spacial score (nSPS) is 12.0. The number of aryl methyl sites for hydroxylation is 1. The Morgan fingerprint density at radius 3 is 2.48 bits per heavy atom. The summed E-state index contributed by atoms with van der Waals surface area (Å²) in [6, 6.07) is 18.3. The highest BCUT2D eigenvalue weighted by molar-refractivity contribution is 8.00. The second-order valence-electron chi connectivity index (χ2n) is 6.58. The van der Waals surface area contributed by atoms with Crippen molar-refractivity contribution in [2.24, 2.45) is 7.05 Å². The van der Waals surface area contributed by atoms with Gasteiger partial charge in [0.05, 0.1) is 5.25 Å². The number of amides is 1. The van der Waals surface area contributed by atoms with Crippen molar-refractivity contribution in [1.82, 2.24) is 20.1 Å². The van der Waals surface area contributed by atoms with E-state index in [1.54, 1.807) is 0 Å². The summed E-state index contributed by atoms with van der Waals surface area (Å²) in [7, 11) is 1.94. The number of hydrogen-bond acceptors (Lipinski definition) is 4. The molecule has 1 heterocycles. The lowest BCUT2D eigenvalue weighted by Gasteiger charge is -2.12. The number of thioether (sulfide) groups is 1. The van der Waals surface area contributed by atoms with E-state index in [2.05, 4.69) is 27.6 Å². The van der Waals surface area contributed by atoms with Crippen molar-refractivity contribution in [2.45, 2.75) is 37.2 Å². The number of carbonyl (C=O) groups excluding carboxylic acids is 1. The van der Waals surface area contributed by atoms with Crippen molar-refractivity contribution in [3.63, 3.8) is 0 Å². The monoisotopic (exact) mass is 380 g/mol. The fourth-order valence-corrected chi connectivity index (χ4v) is 3.49. The largest absolute Gasteiger partial charge is 0.351 e. The second-order valence-corrected chi connectivity index (χ2v) is 7.89. The molecule has 6 heteroatoms. The predicted molar refractivity (Wildman–Crippen MR) is 109 cm³/mol. The van der Waals surface area contributed by atoms with Gasteiger partial charge < -0.3 is 9.88 Å². The summed E-state index contributed by atoms with van der Waals surface area (Å²) in [5.41, 5.74) is 3.49. The van der Waals surface area contributed by atoms with Gasteiger partial charge in [0.2, 0.25) is 5.91 Å². The summed E-state index contributed by atoms with van der Waals surface area (Å²) in [4.78, 5) is 12.4. The van der Waals surface area contributed by atoms with Gasteiger partial charge in [0, 0.05) is 20.0 Å². The summed E-state index contributed by atoms with van der Waals surface area (Å²) in [6.07, 6.45) is 0.721. The number of carbonyl (C=O) groups is 1. The number of rotatable bonds is 7. The molecule has 0 bridgehead atoms. The molecule has 0 spiro atoms. The Morgan fingerprint density at radius 2 is 1.78 bits per heavy atom. The Labute approximate surface area is 164 Å². The molecule has 2 aromatic carbocycles. The van der Waals surface area contributed by atoms with Crippen molar-refractivity contribution < 1.29 is 4.79 Å². The molecule has 1 aromatic heterocycles. The fourth-order valence-electron chi connectivity index (χ4n) is 2.63. The van der Waals surface area contributed by atoms with Gasteiger partial charge in [0.15, 0.2) is 5.16 Å². The highest BCUT2D eigenvalue weighted by atomic mass is 32.2. The third-order valence-corrected chi connectivity index (χ3v) is 5.50. The van der Waals surface area contributed by atoms with E-state index in [9.17, 15) is 4.79 Å².